The third-order valence-electron chi connectivity index (χ3n) is 2.61. The van der Waals surface area contributed by atoms with Crippen LogP contribution in [0.3, 0.4) is 0 Å². The SMILES string of the molecule is Cc1ccc(OCCc2cc(N)n(C)n2)cc1. The van der Waals surface area contributed by atoms with E-state index < -0.39 is 0 Å². The zero-order valence-corrected chi connectivity index (χ0v) is 10.2. The lowest BCUT2D eigenvalue weighted by Gasteiger charge is -2.04. The molecular formula is C13H17N3O. The van der Waals surface area contributed by atoms with Gasteiger partial charge in [-0.05, 0) is 19.1 Å². The van der Waals surface area contributed by atoms with E-state index >= 15 is 0 Å². The predicted octanol–water partition coefficient (Wildman–Crippen LogP) is 1.93. The number of nitrogen functional groups attached to an aromatic ring is 1. The first-order valence-corrected chi connectivity index (χ1v) is 5.63. The Kier molecular flexibility index (Phi) is 3.32. The maximum absolute atomic E-state index is 5.70. The van der Waals surface area contributed by atoms with E-state index in [-0.39, 0.29) is 0 Å². The van der Waals surface area contributed by atoms with Crippen LogP contribution in [0.4, 0.5) is 5.82 Å². The fourth-order valence-electron chi connectivity index (χ4n) is 1.57. The minimum atomic E-state index is 0.611. The first-order valence-electron chi connectivity index (χ1n) is 5.63. The van der Waals surface area contributed by atoms with Gasteiger partial charge in [-0.25, -0.2) is 0 Å². The minimum absolute atomic E-state index is 0.611. The normalized spacial score (nSPS) is 10.5. The van der Waals surface area contributed by atoms with E-state index in [0.717, 1.165) is 17.9 Å². The average Bonchev–Trinajstić information content (AvgIpc) is 2.61. The molecule has 0 aliphatic carbocycles. The standard InChI is InChI=1S/C13H17N3O/c1-10-3-5-12(6-4-10)17-8-7-11-9-13(14)16(2)15-11/h3-6,9H,7-8,14H2,1-2H3. The van der Waals surface area contributed by atoms with Crippen LogP contribution in [0, 0.1) is 6.92 Å². The van der Waals surface area contributed by atoms with Crippen molar-refractivity contribution in [3.63, 3.8) is 0 Å². The van der Waals surface area contributed by atoms with Crippen LogP contribution < -0.4 is 10.5 Å². The summed E-state index contributed by atoms with van der Waals surface area (Å²) in [5.41, 5.74) is 7.89. The highest BCUT2D eigenvalue weighted by Crippen LogP contribution is 2.12. The highest BCUT2D eigenvalue weighted by atomic mass is 16.5. The molecule has 0 aliphatic heterocycles. The van der Waals surface area contributed by atoms with Crippen LogP contribution in [0.15, 0.2) is 30.3 Å². The monoisotopic (exact) mass is 231 g/mol. The number of rotatable bonds is 4. The molecule has 0 saturated carbocycles. The van der Waals surface area contributed by atoms with Crippen LogP contribution in [-0.4, -0.2) is 16.4 Å². The van der Waals surface area contributed by atoms with Crippen molar-refractivity contribution in [2.75, 3.05) is 12.3 Å². The first kappa shape index (κ1) is 11.5. The molecule has 0 aliphatic rings. The molecule has 0 spiro atoms. The Hall–Kier alpha value is -1.97. The van der Waals surface area contributed by atoms with E-state index in [9.17, 15) is 0 Å². The van der Waals surface area contributed by atoms with E-state index in [1.807, 2.05) is 37.4 Å². The molecule has 0 bridgehead atoms. The lowest BCUT2D eigenvalue weighted by Crippen LogP contribution is -2.02. The summed E-state index contributed by atoms with van der Waals surface area (Å²) in [4.78, 5) is 0. The molecule has 1 aromatic carbocycles. The maximum atomic E-state index is 5.70. The molecule has 90 valence electrons. The number of ether oxygens (including phenoxy) is 1. The minimum Gasteiger partial charge on any atom is -0.493 e. The Morgan fingerprint density at radius 2 is 2.00 bits per heavy atom. The average molecular weight is 231 g/mol. The molecule has 0 fully saturated rings. The van der Waals surface area contributed by atoms with Gasteiger partial charge in [-0.1, -0.05) is 17.7 Å². The Bertz CT molecular complexity index is 468. The second kappa shape index (κ2) is 4.91. The van der Waals surface area contributed by atoms with Gasteiger partial charge in [-0.2, -0.15) is 5.10 Å². The molecule has 0 amide bonds. The van der Waals surface area contributed by atoms with Gasteiger partial charge >= 0.3 is 0 Å². The Morgan fingerprint density at radius 3 is 2.59 bits per heavy atom. The number of hydrogen-bond donors (Lipinski definition) is 1. The molecule has 4 heteroatoms. The van der Waals surface area contributed by atoms with Crippen LogP contribution in [0.5, 0.6) is 5.75 Å². The summed E-state index contributed by atoms with van der Waals surface area (Å²) in [5.74, 6) is 1.56. The van der Waals surface area contributed by atoms with Crippen molar-refractivity contribution >= 4 is 5.82 Å². The predicted molar refractivity (Wildman–Crippen MR) is 68.0 cm³/mol. The van der Waals surface area contributed by atoms with E-state index in [1.54, 1.807) is 4.68 Å². The molecular weight excluding hydrogens is 214 g/mol. The molecule has 2 N–H and O–H groups in total. The molecule has 0 radical (unpaired) electrons. The smallest absolute Gasteiger partial charge is 0.121 e. The zero-order valence-electron chi connectivity index (χ0n) is 10.2. The largest absolute Gasteiger partial charge is 0.493 e. The summed E-state index contributed by atoms with van der Waals surface area (Å²) in [6.45, 7) is 2.67. The highest BCUT2D eigenvalue weighted by Gasteiger charge is 2.02. The molecule has 17 heavy (non-hydrogen) atoms. The van der Waals surface area contributed by atoms with Gasteiger partial charge in [-0.15, -0.1) is 0 Å². The second-order valence-corrected chi connectivity index (χ2v) is 4.10. The number of benzene rings is 1. The summed E-state index contributed by atoms with van der Waals surface area (Å²) in [5, 5.41) is 4.27. The van der Waals surface area contributed by atoms with E-state index in [4.69, 9.17) is 10.5 Å². The van der Waals surface area contributed by atoms with Crippen LogP contribution in [-0.2, 0) is 13.5 Å². The van der Waals surface area contributed by atoms with Crippen LogP contribution in [0.2, 0.25) is 0 Å². The Morgan fingerprint density at radius 1 is 1.29 bits per heavy atom. The molecule has 0 saturated heterocycles. The number of anilines is 1. The molecule has 2 rings (SSSR count). The number of nitrogens with zero attached hydrogens (tertiary/aromatic N) is 2. The van der Waals surface area contributed by atoms with Crippen LogP contribution in [0.1, 0.15) is 11.3 Å². The first-order chi connectivity index (χ1) is 8.15. The number of hydrogen-bond acceptors (Lipinski definition) is 3. The van der Waals surface area contributed by atoms with Crippen molar-refractivity contribution in [3.05, 3.63) is 41.6 Å². The second-order valence-electron chi connectivity index (χ2n) is 4.10. The van der Waals surface area contributed by atoms with Crippen LogP contribution >= 0.6 is 0 Å². The Balaban J connectivity index is 1.85. The van der Waals surface area contributed by atoms with Crippen molar-refractivity contribution < 1.29 is 4.74 Å². The lowest BCUT2D eigenvalue weighted by atomic mass is 10.2. The Labute approximate surface area is 101 Å². The van der Waals surface area contributed by atoms with Gasteiger partial charge in [0.2, 0.25) is 0 Å². The fraction of sp³-hybridized carbons (Fsp3) is 0.308. The van der Waals surface area contributed by atoms with Gasteiger partial charge in [0.15, 0.2) is 0 Å². The third kappa shape index (κ3) is 3.00. The third-order valence-corrected chi connectivity index (χ3v) is 2.61. The summed E-state index contributed by atoms with van der Waals surface area (Å²) < 4.78 is 7.29. The van der Waals surface area contributed by atoms with Crippen molar-refractivity contribution in [3.8, 4) is 5.75 Å². The van der Waals surface area contributed by atoms with Gasteiger partial charge in [0.25, 0.3) is 0 Å². The maximum Gasteiger partial charge on any atom is 0.121 e. The van der Waals surface area contributed by atoms with E-state index in [0.29, 0.717) is 12.4 Å². The molecule has 1 aromatic heterocycles. The zero-order chi connectivity index (χ0) is 12.3. The summed E-state index contributed by atoms with van der Waals surface area (Å²) in [6.07, 6.45) is 0.763. The summed E-state index contributed by atoms with van der Waals surface area (Å²) >= 11 is 0. The van der Waals surface area contributed by atoms with Gasteiger partial charge < -0.3 is 10.5 Å². The van der Waals surface area contributed by atoms with Gasteiger partial charge in [0.1, 0.15) is 11.6 Å². The quantitative estimate of drug-likeness (QED) is 0.874. The number of nitrogens with two attached hydrogens (primary N) is 1. The highest BCUT2D eigenvalue weighted by molar-refractivity contribution is 5.30. The van der Waals surface area contributed by atoms with E-state index in [1.165, 1.54) is 5.56 Å². The van der Waals surface area contributed by atoms with Crippen molar-refractivity contribution in [2.45, 2.75) is 13.3 Å². The van der Waals surface area contributed by atoms with Gasteiger partial charge in [0.05, 0.1) is 12.3 Å². The molecule has 2 aromatic rings. The molecule has 0 atom stereocenters. The van der Waals surface area contributed by atoms with Crippen LogP contribution in [0.25, 0.3) is 0 Å². The fourth-order valence-corrected chi connectivity index (χ4v) is 1.57. The lowest BCUT2D eigenvalue weighted by molar-refractivity contribution is 0.320. The molecule has 4 nitrogen and oxygen atoms in total. The summed E-state index contributed by atoms with van der Waals surface area (Å²) in [7, 11) is 1.83. The summed E-state index contributed by atoms with van der Waals surface area (Å²) in [6, 6.07) is 9.89. The number of aryl methyl sites for hydroxylation is 2. The van der Waals surface area contributed by atoms with Gasteiger partial charge in [0, 0.05) is 19.5 Å². The molecule has 0 unspecified atom stereocenters. The van der Waals surface area contributed by atoms with Crippen molar-refractivity contribution in [1.29, 1.82) is 0 Å². The number of aromatic nitrogens is 2. The van der Waals surface area contributed by atoms with Gasteiger partial charge in [-0.3, -0.25) is 4.68 Å². The van der Waals surface area contributed by atoms with Crippen molar-refractivity contribution in [1.82, 2.24) is 9.78 Å². The topological polar surface area (TPSA) is 53.1 Å². The van der Waals surface area contributed by atoms with E-state index in [2.05, 4.69) is 12.0 Å². The molecule has 1 heterocycles. The van der Waals surface area contributed by atoms with Crippen molar-refractivity contribution in [2.24, 2.45) is 7.05 Å².